The Labute approximate surface area is 112 Å². The standard InChI is InChI=1S/C13H18ClNO3/c1-16-12-6-11(13(17-2)5-10(12)14)15-7-9-3-4-18-8-9/h5-6,9,15H,3-4,7-8H2,1-2H3. The van der Waals surface area contributed by atoms with Gasteiger partial charge in [-0.2, -0.15) is 0 Å². The SMILES string of the molecule is COc1cc(NCC2CCOC2)c(OC)cc1Cl. The molecule has 1 aromatic rings. The Balaban J connectivity index is 2.09. The lowest BCUT2D eigenvalue weighted by Crippen LogP contribution is -2.14. The van der Waals surface area contributed by atoms with Crippen LogP contribution in [0, 0.1) is 5.92 Å². The summed E-state index contributed by atoms with van der Waals surface area (Å²) in [5.74, 6) is 1.92. The lowest BCUT2D eigenvalue weighted by atomic mass is 10.1. The van der Waals surface area contributed by atoms with Crippen LogP contribution < -0.4 is 14.8 Å². The molecular weight excluding hydrogens is 254 g/mol. The number of ether oxygens (including phenoxy) is 3. The number of rotatable bonds is 5. The first kappa shape index (κ1) is 13.3. The third-order valence-corrected chi connectivity index (χ3v) is 3.37. The maximum absolute atomic E-state index is 6.05. The van der Waals surface area contributed by atoms with E-state index in [1.165, 1.54) is 0 Å². The molecule has 0 bridgehead atoms. The average molecular weight is 272 g/mol. The molecule has 5 heteroatoms. The van der Waals surface area contributed by atoms with Crippen LogP contribution in [-0.4, -0.2) is 34.0 Å². The van der Waals surface area contributed by atoms with Crippen LogP contribution in [0.3, 0.4) is 0 Å². The van der Waals surface area contributed by atoms with Crippen molar-refractivity contribution in [1.29, 1.82) is 0 Å². The van der Waals surface area contributed by atoms with Gasteiger partial charge in [-0.05, 0) is 6.42 Å². The molecule has 100 valence electrons. The summed E-state index contributed by atoms with van der Waals surface area (Å²) in [6.07, 6.45) is 1.10. The summed E-state index contributed by atoms with van der Waals surface area (Å²) in [5, 5.41) is 3.91. The molecule has 1 saturated heterocycles. The van der Waals surface area contributed by atoms with Crippen LogP contribution in [0.15, 0.2) is 12.1 Å². The molecule has 0 amide bonds. The van der Waals surface area contributed by atoms with Crippen LogP contribution in [0.4, 0.5) is 5.69 Å². The predicted octanol–water partition coefficient (Wildman–Crippen LogP) is 2.81. The van der Waals surface area contributed by atoms with Crippen LogP contribution in [0.1, 0.15) is 6.42 Å². The number of benzene rings is 1. The van der Waals surface area contributed by atoms with Crippen molar-refractivity contribution in [2.24, 2.45) is 5.92 Å². The molecule has 4 nitrogen and oxygen atoms in total. The van der Waals surface area contributed by atoms with Gasteiger partial charge >= 0.3 is 0 Å². The summed E-state index contributed by atoms with van der Waals surface area (Å²) in [6.45, 7) is 2.54. The highest BCUT2D eigenvalue weighted by molar-refractivity contribution is 6.32. The summed E-state index contributed by atoms with van der Waals surface area (Å²) in [6, 6.07) is 3.62. The molecule has 0 spiro atoms. The number of halogens is 1. The Morgan fingerprint density at radius 3 is 2.72 bits per heavy atom. The molecule has 0 radical (unpaired) electrons. The lowest BCUT2D eigenvalue weighted by Gasteiger charge is -2.15. The van der Waals surface area contributed by atoms with Gasteiger partial charge in [-0.15, -0.1) is 0 Å². The van der Waals surface area contributed by atoms with Gasteiger partial charge < -0.3 is 19.5 Å². The molecule has 1 aliphatic rings. The van der Waals surface area contributed by atoms with Crippen molar-refractivity contribution in [2.45, 2.75) is 6.42 Å². The van der Waals surface area contributed by atoms with E-state index in [1.807, 2.05) is 6.07 Å². The van der Waals surface area contributed by atoms with Crippen molar-refractivity contribution in [3.63, 3.8) is 0 Å². The van der Waals surface area contributed by atoms with Gasteiger partial charge in [0.2, 0.25) is 0 Å². The summed E-state index contributed by atoms with van der Waals surface area (Å²) < 4.78 is 15.9. The zero-order valence-electron chi connectivity index (χ0n) is 10.7. The zero-order chi connectivity index (χ0) is 13.0. The molecule has 1 heterocycles. The number of hydrogen-bond acceptors (Lipinski definition) is 4. The number of methoxy groups -OCH3 is 2. The van der Waals surface area contributed by atoms with Gasteiger partial charge in [-0.1, -0.05) is 11.6 Å². The second kappa shape index (κ2) is 6.16. The summed E-state index contributed by atoms with van der Waals surface area (Å²) in [5.41, 5.74) is 0.894. The second-order valence-electron chi connectivity index (χ2n) is 4.30. The van der Waals surface area contributed by atoms with Crippen molar-refractivity contribution in [2.75, 3.05) is 39.3 Å². The normalized spacial score (nSPS) is 18.7. The quantitative estimate of drug-likeness (QED) is 0.894. The molecule has 0 aliphatic carbocycles. The molecule has 1 N–H and O–H groups in total. The van der Waals surface area contributed by atoms with Crippen molar-refractivity contribution >= 4 is 17.3 Å². The lowest BCUT2D eigenvalue weighted by molar-refractivity contribution is 0.187. The van der Waals surface area contributed by atoms with E-state index < -0.39 is 0 Å². The van der Waals surface area contributed by atoms with E-state index >= 15 is 0 Å². The van der Waals surface area contributed by atoms with Gasteiger partial charge in [-0.25, -0.2) is 0 Å². The second-order valence-corrected chi connectivity index (χ2v) is 4.70. The minimum Gasteiger partial charge on any atom is -0.495 e. The monoisotopic (exact) mass is 271 g/mol. The minimum absolute atomic E-state index is 0.545. The van der Waals surface area contributed by atoms with Gasteiger partial charge in [0.15, 0.2) is 0 Å². The first-order valence-electron chi connectivity index (χ1n) is 5.97. The number of anilines is 1. The minimum atomic E-state index is 0.545. The Morgan fingerprint density at radius 2 is 2.11 bits per heavy atom. The molecule has 1 unspecified atom stereocenters. The first-order valence-corrected chi connectivity index (χ1v) is 6.35. The van der Waals surface area contributed by atoms with Crippen molar-refractivity contribution < 1.29 is 14.2 Å². The highest BCUT2D eigenvalue weighted by atomic mass is 35.5. The highest BCUT2D eigenvalue weighted by Gasteiger charge is 2.16. The van der Waals surface area contributed by atoms with E-state index in [0.29, 0.717) is 16.7 Å². The van der Waals surface area contributed by atoms with Crippen LogP contribution in [0.25, 0.3) is 0 Å². The molecular formula is C13H18ClNO3. The molecule has 18 heavy (non-hydrogen) atoms. The van der Waals surface area contributed by atoms with Gasteiger partial charge in [0.05, 0.1) is 31.5 Å². The molecule has 1 aromatic carbocycles. The van der Waals surface area contributed by atoms with Gasteiger partial charge in [0, 0.05) is 31.2 Å². The van der Waals surface area contributed by atoms with Crippen LogP contribution >= 0.6 is 11.6 Å². The Bertz CT molecular complexity index is 405. The largest absolute Gasteiger partial charge is 0.495 e. The molecule has 0 aromatic heterocycles. The number of nitrogens with one attached hydrogen (secondary N) is 1. The molecule has 1 fully saturated rings. The molecule has 0 saturated carbocycles. The fourth-order valence-electron chi connectivity index (χ4n) is 2.00. The Kier molecular flexibility index (Phi) is 4.55. The van der Waals surface area contributed by atoms with E-state index in [9.17, 15) is 0 Å². The maximum atomic E-state index is 6.05. The van der Waals surface area contributed by atoms with Crippen LogP contribution in [0.2, 0.25) is 5.02 Å². The molecule has 1 aliphatic heterocycles. The summed E-state index contributed by atoms with van der Waals surface area (Å²) in [4.78, 5) is 0. The topological polar surface area (TPSA) is 39.7 Å². The van der Waals surface area contributed by atoms with Crippen LogP contribution in [-0.2, 0) is 4.74 Å². The van der Waals surface area contributed by atoms with Gasteiger partial charge in [0.25, 0.3) is 0 Å². The third-order valence-electron chi connectivity index (χ3n) is 3.08. The van der Waals surface area contributed by atoms with Crippen molar-refractivity contribution in [3.8, 4) is 11.5 Å². The predicted molar refractivity (Wildman–Crippen MR) is 72.0 cm³/mol. The average Bonchev–Trinajstić information content (AvgIpc) is 2.90. The molecule has 1 atom stereocenters. The smallest absolute Gasteiger partial charge is 0.143 e. The first-order chi connectivity index (χ1) is 8.74. The van der Waals surface area contributed by atoms with Crippen molar-refractivity contribution in [3.05, 3.63) is 17.2 Å². The van der Waals surface area contributed by atoms with Crippen molar-refractivity contribution in [1.82, 2.24) is 0 Å². The van der Waals surface area contributed by atoms with E-state index in [2.05, 4.69) is 5.32 Å². The zero-order valence-corrected chi connectivity index (χ0v) is 11.4. The highest BCUT2D eigenvalue weighted by Crippen LogP contribution is 2.36. The summed E-state index contributed by atoms with van der Waals surface area (Å²) >= 11 is 6.05. The van der Waals surface area contributed by atoms with E-state index in [1.54, 1.807) is 20.3 Å². The van der Waals surface area contributed by atoms with Crippen LogP contribution in [0.5, 0.6) is 11.5 Å². The summed E-state index contributed by atoms with van der Waals surface area (Å²) in [7, 11) is 3.23. The third kappa shape index (κ3) is 3.00. The van der Waals surface area contributed by atoms with Gasteiger partial charge in [-0.3, -0.25) is 0 Å². The van der Waals surface area contributed by atoms with E-state index in [4.69, 9.17) is 25.8 Å². The van der Waals surface area contributed by atoms with Gasteiger partial charge in [0.1, 0.15) is 11.5 Å². The fourth-order valence-corrected chi connectivity index (χ4v) is 2.23. The fraction of sp³-hybridized carbons (Fsp3) is 0.538. The van der Waals surface area contributed by atoms with E-state index in [0.717, 1.165) is 37.6 Å². The Hall–Kier alpha value is -1.13. The van der Waals surface area contributed by atoms with E-state index in [-0.39, 0.29) is 0 Å². The number of hydrogen-bond donors (Lipinski definition) is 1. The Morgan fingerprint density at radius 1 is 1.33 bits per heavy atom. The molecule has 2 rings (SSSR count). The maximum Gasteiger partial charge on any atom is 0.143 e.